The summed E-state index contributed by atoms with van der Waals surface area (Å²) in [5.41, 5.74) is -0.827. The van der Waals surface area contributed by atoms with Crippen LogP contribution < -0.4 is 19.7 Å². The summed E-state index contributed by atoms with van der Waals surface area (Å²) in [4.78, 5) is 40.9. The Kier molecular flexibility index (Phi) is 7.88. The molecule has 2 aromatic carbocycles. The molecule has 3 rings (SSSR count). The SMILES string of the molecule is CCN(CC(=O)Nc1ccccc1C(F)(F)F)C(=O)C1CC(=O)N(c2ccc(OC)c(OC)c2)C1. The van der Waals surface area contributed by atoms with E-state index in [1.165, 1.54) is 36.2 Å². The Labute approximate surface area is 200 Å². The highest BCUT2D eigenvalue weighted by Gasteiger charge is 2.38. The van der Waals surface area contributed by atoms with Gasteiger partial charge in [0, 0.05) is 31.3 Å². The zero-order chi connectivity index (χ0) is 25.8. The van der Waals surface area contributed by atoms with Gasteiger partial charge in [-0.15, -0.1) is 0 Å². The maximum Gasteiger partial charge on any atom is 0.418 e. The molecule has 1 aliphatic heterocycles. The number of nitrogens with one attached hydrogen (secondary N) is 1. The first-order valence-electron chi connectivity index (χ1n) is 10.9. The van der Waals surface area contributed by atoms with Crippen molar-refractivity contribution in [2.45, 2.75) is 19.5 Å². The van der Waals surface area contributed by atoms with Crippen molar-refractivity contribution >= 4 is 29.1 Å². The molecule has 2 aromatic rings. The number of rotatable bonds is 8. The van der Waals surface area contributed by atoms with E-state index in [9.17, 15) is 27.6 Å². The second kappa shape index (κ2) is 10.7. The molecule has 0 bridgehead atoms. The van der Waals surface area contributed by atoms with Gasteiger partial charge in [-0.2, -0.15) is 13.2 Å². The summed E-state index contributed by atoms with van der Waals surface area (Å²) in [5, 5.41) is 2.24. The van der Waals surface area contributed by atoms with Gasteiger partial charge < -0.3 is 24.6 Å². The lowest BCUT2D eigenvalue weighted by Gasteiger charge is -2.24. The molecule has 1 heterocycles. The highest BCUT2D eigenvalue weighted by molar-refractivity contribution is 6.01. The minimum absolute atomic E-state index is 0.0534. The Morgan fingerprint density at radius 1 is 1.11 bits per heavy atom. The quantitative estimate of drug-likeness (QED) is 0.608. The molecule has 1 atom stereocenters. The van der Waals surface area contributed by atoms with Gasteiger partial charge in [-0.05, 0) is 31.2 Å². The molecular formula is C24H26F3N3O5. The standard InChI is InChI=1S/C24H26F3N3O5/c1-4-29(14-21(31)28-18-8-6-5-7-17(18)24(25,26)27)23(33)15-11-22(32)30(13-15)16-9-10-19(34-2)20(12-16)35-3/h5-10,12,15H,4,11,13-14H2,1-3H3,(H,28,31). The van der Waals surface area contributed by atoms with Crippen molar-refractivity contribution in [1.29, 1.82) is 0 Å². The predicted molar refractivity (Wildman–Crippen MR) is 122 cm³/mol. The molecule has 0 radical (unpaired) electrons. The highest BCUT2D eigenvalue weighted by Crippen LogP contribution is 2.35. The molecule has 1 unspecified atom stereocenters. The van der Waals surface area contributed by atoms with Gasteiger partial charge in [0.1, 0.15) is 0 Å². The fraction of sp³-hybridized carbons (Fsp3) is 0.375. The van der Waals surface area contributed by atoms with Gasteiger partial charge in [-0.25, -0.2) is 0 Å². The fourth-order valence-corrected chi connectivity index (χ4v) is 3.92. The van der Waals surface area contributed by atoms with E-state index in [1.54, 1.807) is 25.1 Å². The van der Waals surface area contributed by atoms with Gasteiger partial charge in [0.25, 0.3) is 0 Å². The summed E-state index contributed by atoms with van der Waals surface area (Å²) >= 11 is 0. The molecule has 0 aromatic heterocycles. The topological polar surface area (TPSA) is 88.2 Å². The van der Waals surface area contributed by atoms with E-state index in [2.05, 4.69) is 5.32 Å². The number of halogens is 3. The van der Waals surface area contributed by atoms with E-state index >= 15 is 0 Å². The lowest BCUT2D eigenvalue weighted by molar-refractivity contribution is -0.138. The van der Waals surface area contributed by atoms with Crippen LogP contribution in [0.25, 0.3) is 0 Å². The second-order valence-electron chi connectivity index (χ2n) is 7.89. The number of likely N-dealkylation sites (N-methyl/N-ethyl adjacent to an activating group) is 1. The molecule has 3 amide bonds. The highest BCUT2D eigenvalue weighted by atomic mass is 19.4. The van der Waals surface area contributed by atoms with Crippen molar-refractivity contribution in [2.24, 2.45) is 5.92 Å². The van der Waals surface area contributed by atoms with Crippen LogP contribution in [0.15, 0.2) is 42.5 Å². The van der Waals surface area contributed by atoms with Crippen LogP contribution in [-0.4, -0.2) is 56.5 Å². The van der Waals surface area contributed by atoms with Crippen LogP contribution in [0.1, 0.15) is 18.9 Å². The maximum absolute atomic E-state index is 13.2. The largest absolute Gasteiger partial charge is 0.493 e. The molecule has 1 saturated heterocycles. The summed E-state index contributed by atoms with van der Waals surface area (Å²) in [6.07, 6.45) is -4.69. The maximum atomic E-state index is 13.2. The van der Waals surface area contributed by atoms with E-state index in [-0.39, 0.29) is 31.1 Å². The van der Waals surface area contributed by atoms with Crippen LogP contribution in [0.5, 0.6) is 11.5 Å². The summed E-state index contributed by atoms with van der Waals surface area (Å²) < 4.78 is 50.1. The number of carbonyl (C=O) groups excluding carboxylic acids is 3. The molecule has 0 aliphatic carbocycles. The third kappa shape index (κ3) is 5.84. The Hall–Kier alpha value is -3.76. The van der Waals surface area contributed by atoms with Gasteiger partial charge in [-0.1, -0.05) is 12.1 Å². The third-order valence-electron chi connectivity index (χ3n) is 5.69. The first-order valence-corrected chi connectivity index (χ1v) is 10.9. The van der Waals surface area contributed by atoms with Crippen molar-refractivity contribution in [3.63, 3.8) is 0 Å². The number of para-hydroxylation sites is 1. The molecule has 188 valence electrons. The summed E-state index contributed by atoms with van der Waals surface area (Å²) in [6, 6.07) is 9.57. The number of hydrogen-bond donors (Lipinski definition) is 1. The Morgan fingerprint density at radius 2 is 1.80 bits per heavy atom. The van der Waals surface area contributed by atoms with Crippen LogP contribution in [0.2, 0.25) is 0 Å². The molecule has 1 fully saturated rings. The third-order valence-corrected chi connectivity index (χ3v) is 5.69. The normalized spacial score (nSPS) is 15.7. The van der Waals surface area contributed by atoms with Gasteiger partial charge in [0.05, 0.1) is 37.9 Å². The minimum Gasteiger partial charge on any atom is -0.493 e. The minimum atomic E-state index is -4.64. The number of methoxy groups -OCH3 is 2. The number of ether oxygens (including phenoxy) is 2. The number of amides is 3. The first-order chi connectivity index (χ1) is 16.6. The van der Waals surface area contributed by atoms with E-state index < -0.39 is 36.0 Å². The number of hydrogen-bond acceptors (Lipinski definition) is 5. The molecule has 1 N–H and O–H groups in total. The van der Waals surface area contributed by atoms with Gasteiger partial charge in [0.15, 0.2) is 11.5 Å². The van der Waals surface area contributed by atoms with Crippen molar-refractivity contribution in [3.05, 3.63) is 48.0 Å². The number of alkyl halides is 3. The van der Waals surface area contributed by atoms with Crippen LogP contribution in [0, 0.1) is 5.92 Å². The molecule has 35 heavy (non-hydrogen) atoms. The van der Waals surface area contributed by atoms with Crippen molar-refractivity contribution in [2.75, 3.05) is 44.1 Å². The smallest absolute Gasteiger partial charge is 0.418 e. The van der Waals surface area contributed by atoms with Crippen molar-refractivity contribution in [3.8, 4) is 11.5 Å². The fourth-order valence-electron chi connectivity index (χ4n) is 3.92. The molecule has 1 aliphatic rings. The van der Waals surface area contributed by atoms with Crippen LogP contribution in [0.4, 0.5) is 24.5 Å². The van der Waals surface area contributed by atoms with Gasteiger partial charge in [0.2, 0.25) is 17.7 Å². The Balaban J connectivity index is 1.69. The molecule has 11 heteroatoms. The van der Waals surface area contributed by atoms with Crippen LogP contribution in [-0.2, 0) is 20.6 Å². The van der Waals surface area contributed by atoms with E-state index in [4.69, 9.17) is 9.47 Å². The van der Waals surface area contributed by atoms with Gasteiger partial charge >= 0.3 is 6.18 Å². The molecule has 0 saturated carbocycles. The number of carbonyl (C=O) groups is 3. The Bertz CT molecular complexity index is 1110. The number of benzene rings is 2. The summed E-state index contributed by atoms with van der Waals surface area (Å²) in [5.74, 6) is -1.24. The zero-order valence-electron chi connectivity index (χ0n) is 19.5. The molecular weight excluding hydrogens is 467 g/mol. The van der Waals surface area contributed by atoms with E-state index in [0.29, 0.717) is 17.2 Å². The van der Waals surface area contributed by atoms with Crippen LogP contribution in [0.3, 0.4) is 0 Å². The number of nitrogens with zero attached hydrogens (tertiary/aromatic N) is 2. The first kappa shape index (κ1) is 25.9. The van der Waals surface area contributed by atoms with E-state index in [0.717, 1.165) is 12.1 Å². The summed E-state index contributed by atoms with van der Waals surface area (Å²) in [7, 11) is 2.96. The average molecular weight is 493 g/mol. The average Bonchev–Trinajstić information content (AvgIpc) is 3.22. The summed E-state index contributed by atoms with van der Waals surface area (Å²) in [6.45, 7) is 1.46. The van der Waals surface area contributed by atoms with Gasteiger partial charge in [-0.3, -0.25) is 14.4 Å². The van der Waals surface area contributed by atoms with Crippen molar-refractivity contribution in [1.82, 2.24) is 4.90 Å². The monoisotopic (exact) mass is 493 g/mol. The lowest BCUT2D eigenvalue weighted by atomic mass is 10.1. The second-order valence-corrected chi connectivity index (χ2v) is 7.89. The van der Waals surface area contributed by atoms with E-state index in [1.807, 2.05) is 0 Å². The van der Waals surface area contributed by atoms with Crippen molar-refractivity contribution < 1.29 is 37.0 Å². The Morgan fingerprint density at radius 3 is 2.43 bits per heavy atom. The zero-order valence-corrected chi connectivity index (χ0v) is 19.5. The predicted octanol–water partition coefficient (Wildman–Crippen LogP) is 3.56. The molecule has 8 nitrogen and oxygen atoms in total. The molecule has 0 spiro atoms. The van der Waals surface area contributed by atoms with Crippen LogP contribution >= 0.6 is 0 Å². The number of anilines is 2. The lowest BCUT2D eigenvalue weighted by Crippen LogP contribution is -2.42.